The quantitative estimate of drug-likeness (QED) is 0.152. The van der Waals surface area contributed by atoms with Gasteiger partial charge >= 0.3 is 202 Å². The van der Waals surface area contributed by atoms with Crippen LogP contribution in [0.2, 0.25) is 13.3 Å². The Labute approximate surface area is 201 Å². The summed E-state index contributed by atoms with van der Waals surface area (Å²) in [5, 5.41) is 0. The molecular weight excluding hydrogens is 491 g/mol. The Hall–Kier alpha value is -1.54. The Bertz CT molecular complexity index is 821. The zero-order chi connectivity index (χ0) is 22.7. The fourth-order valence-corrected chi connectivity index (χ4v) is 21.2. The number of benzene rings is 3. The van der Waals surface area contributed by atoms with E-state index in [1.54, 1.807) is 3.58 Å². The molecule has 0 fully saturated rings. The van der Waals surface area contributed by atoms with Crippen molar-refractivity contribution in [1.82, 2.24) is 0 Å². The van der Waals surface area contributed by atoms with Gasteiger partial charge in [-0.15, -0.1) is 0 Å². The Morgan fingerprint density at radius 1 is 0.500 bits per heavy atom. The minimum absolute atomic E-state index is 0.304. The maximum atomic E-state index is 2.56. The van der Waals surface area contributed by atoms with Crippen LogP contribution in [0.1, 0.15) is 81.9 Å². The van der Waals surface area contributed by atoms with Gasteiger partial charge in [0.05, 0.1) is 0 Å². The number of hydrogen-bond donors (Lipinski definition) is 0. The normalized spacial score (nSPS) is 11.8. The molecule has 0 aliphatic heterocycles. The van der Waals surface area contributed by atoms with Gasteiger partial charge in [0, 0.05) is 0 Å². The predicted octanol–water partition coefficient (Wildman–Crippen LogP) is 8.92. The second kappa shape index (κ2) is 13.2. The average molecular weight is 533 g/mol. The van der Waals surface area contributed by atoms with E-state index in [2.05, 4.69) is 106 Å². The van der Waals surface area contributed by atoms with Gasteiger partial charge in [0.15, 0.2) is 0 Å². The molecule has 0 N–H and O–H groups in total. The van der Waals surface area contributed by atoms with Gasteiger partial charge in [-0.05, 0) is 0 Å². The van der Waals surface area contributed by atoms with Crippen LogP contribution in [0.5, 0.6) is 0 Å². The number of unbranched alkanes of at least 4 members (excludes halogenated alkanes) is 3. The van der Waals surface area contributed by atoms with Crippen LogP contribution >= 0.6 is 0 Å². The van der Waals surface area contributed by atoms with E-state index in [0.29, 0.717) is 5.92 Å². The monoisotopic (exact) mass is 534 g/mol. The SMILES string of the molecule is CCC[CH2][Sn]([CH2]CCC)([CH2]CCC)[c]1ccc(C(c2ccccc2)c2ccccc2)cc1. The molecule has 1 heteroatoms. The minimum atomic E-state index is -2.37. The van der Waals surface area contributed by atoms with E-state index in [4.69, 9.17) is 0 Å². The zero-order valence-corrected chi connectivity index (χ0v) is 23.4. The van der Waals surface area contributed by atoms with Crippen molar-refractivity contribution in [2.24, 2.45) is 0 Å². The molecule has 0 saturated heterocycles. The summed E-state index contributed by atoms with van der Waals surface area (Å²) in [4.78, 5) is 0. The second-order valence-electron chi connectivity index (χ2n) is 9.47. The van der Waals surface area contributed by atoms with E-state index >= 15 is 0 Å². The third-order valence-electron chi connectivity index (χ3n) is 7.15. The van der Waals surface area contributed by atoms with Gasteiger partial charge in [0.25, 0.3) is 0 Å². The van der Waals surface area contributed by atoms with Crippen molar-refractivity contribution >= 4 is 22.0 Å². The molecule has 3 aromatic carbocycles. The zero-order valence-electron chi connectivity index (χ0n) is 20.5. The van der Waals surface area contributed by atoms with Crippen LogP contribution in [0.15, 0.2) is 84.9 Å². The molecule has 32 heavy (non-hydrogen) atoms. The van der Waals surface area contributed by atoms with E-state index in [-0.39, 0.29) is 0 Å². The summed E-state index contributed by atoms with van der Waals surface area (Å²) in [6, 6.07) is 32.1. The fraction of sp³-hybridized carbons (Fsp3) is 0.419. The van der Waals surface area contributed by atoms with Gasteiger partial charge in [-0.3, -0.25) is 0 Å². The summed E-state index contributed by atoms with van der Waals surface area (Å²) in [6.45, 7) is 7.09. The molecule has 0 bridgehead atoms. The van der Waals surface area contributed by atoms with E-state index in [1.807, 2.05) is 0 Å². The standard InChI is InChI=1S/C19H15.3C4H9.Sn/c1-4-10-16(11-5-1)19(17-12-6-2-7-13-17)18-14-8-3-9-15-18;3*1-3-4-2;/h1-2,4-15,19H;3*1,3-4H2,2H3;. The summed E-state index contributed by atoms with van der Waals surface area (Å²) in [5.74, 6) is 0.304. The second-order valence-corrected chi connectivity index (χ2v) is 22.7. The van der Waals surface area contributed by atoms with Gasteiger partial charge < -0.3 is 0 Å². The Balaban J connectivity index is 1.99. The van der Waals surface area contributed by atoms with E-state index < -0.39 is 18.4 Å². The van der Waals surface area contributed by atoms with Gasteiger partial charge in [-0.25, -0.2) is 0 Å². The molecule has 3 rings (SSSR count). The third kappa shape index (κ3) is 6.50. The average Bonchev–Trinajstić information content (AvgIpc) is 2.86. The molecular formula is C31H42Sn. The molecule has 0 aromatic heterocycles. The Kier molecular flexibility index (Phi) is 10.4. The van der Waals surface area contributed by atoms with Crippen LogP contribution in [-0.2, 0) is 0 Å². The molecule has 0 unspecified atom stereocenters. The predicted molar refractivity (Wildman–Crippen MR) is 145 cm³/mol. The fourth-order valence-electron chi connectivity index (χ4n) is 5.25. The van der Waals surface area contributed by atoms with Crippen molar-refractivity contribution in [3.05, 3.63) is 102 Å². The van der Waals surface area contributed by atoms with Crippen LogP contribution in [0.25, 0.3) is 0 Å². The first-order valence-corrected chi connectivity index (χ1v) is 20.4. The molecule has 0 saturated carbocycles. The maximum absolute atomic E-state index is 2.56. The molecule has 0 nitrogen and oxygen atoms in total. The summed E-state index contributed by atoms with van der Waals surface area (Å²) in [5.41, 5.74) is 4.18. The number of rotatable bonds is 13. The van der Waals surface area contributed by atoms with Crippen molar-refractivity contribution in [3.8, 4) is 0 Å². The molecule has 170 valence electrons. The molecule has 0 heterocycles. The molecule has 3 aromatic rings. The number of hydrogen-bond acceptors (Lipinski definition) is 0. The third-order valence-corrected chi connectivity index (χ3v) is 22.8. The topological polar surface area (TPSA) is 0 Å². The van der Waals surface area contributed by atoms with Crippen molar-refractivity contribution in [1.29, 1.82) is 0 Å². The van der Waals surface area contributed by atoms with Gasteiger partial charge in [0.2, 0.25) is 0 Å². The van der Waals surface area contributed by atoms with Crippen molar-refractivity contribution < 1.29 is 0 Å². The first kappa shape index (κ1) is 25.1. The first-order valence-electron chi connectivity index (χ1n) is 12.9. The van der Waals surface area contributed by atoms with Gasteiger partial charge in [0.1, 0.15) is 0 Å². The van der Waals surface area contributed by atoms with Crippen molar-refractivity contribution in [2.75, 3.05) is 0 Å². The van der Waals surface area contributed by atoms with Gasteiger partial charge in [-0.2, -0.15) is 0 Å². The Morgan fingerprint density at radius 3 is 1.25 bits per heavy atom. The van der Waals surface area contributed by atoms with E-state index in [1.165, 1.54) is 68.5 Å². The summed E-state index contributed by atoms with van der Waals surface area (Å²) in [6.07, 6.45) is 8.25. The van der Waals surface area contributed by atoms with E-state index in [9.17, 15) is 0 Å². The van der Waals surface area contributed by atoms with Crippen molar-refractivity contribution in [2.45, 2.75) is 78.5 Å². The van der Waals surface area contributed by atoms with Crippen LogP contribution in [0, 0.1) is 0 Å². The molecule has 0 spiro atoms. The van der Waals surface area contributed by atoms with Gasteiger partial charge in [-0.1, -0.05) is 0 Å². The van der Waals surface area contributed by atoms with Crippen molar-refractivity contribution in [3.63, 3.8) is 0 Å². The van der Waals surface area contributed by atoms with Crippen LogP contribution in [0.3, 0.4) is 0 Å². The van der Waals surface area contributed by atoms with Crippen LogP contribution < -0.4 is 3.58 Å². The Morgan fingerprint density at radius 2 is 0.875 bits per heavy atom. The summed E-state index contributed by atoms with van der Waals surface area (Å²) in [7, 11) is 0. The summed E-state index contributed by atoms with van der Waals surface area (Å²) < 4.78 is 6.38. The van der Waals surface area contributed by atoms with Crippen LogP contribution in [-0.4, -0.2) is 18.4 Å². The molecule has 0 amide bonds. The van der Waals surface area contributed by atoms with Crippen LogP contribution in [0.4, 0.5) is 0 Å². The van der Waals surface area contributed by atoms with E-state index in [0.717, 1.165) is 0 Å². The summed E-state index contributed by atoms with van der Waals surface area (Å²) >= 11 is -2.37. The molecule has 0 aliphatic carbocycles. The molecule has 0 atom stereocenters. The molecule has 0 radical (unpaired) electrons. The first-order chi connectivity index (χ1) is 15.7. The molecule has 0 aliphatic rings.